The van der Waals surface area contributed by atoms with Crippen LogP contribution in [-0.4, -0.2) is 12.3 Å². The summed E-state index contributed by atoms with van der Waals surface area (Å²) in [5.41, 5.74) is 0.735. The SMILES string of the molecule is CC1(C)CPC1. The molecular weight excluding hydrogens is 91.0 g/mol. The third-order valence-corrected chi connectivity index (χ3v) is 3.62. The largest absolute Gasteiger partial charge is 0.121 e. The van der Waals surface area contributed by atoms with Crippen LogP contribution in [0.15, 0.2) is 0 Å². The Labute approximate surface area is 41.1 Å². The first-order chi connectivity index (χ1) is 2.71. The fourth-order valence-corrected chi connectivity index (χ4v) is 1.87. The zero-order chi connectivity index (χ0) is 4.62. The van der Waals surface area contributed by atoms with Gasteiger partial charge in [-0.3, -0.25) is 0 Å². The quantitative estimate of drug-likeness (QED) is 0.408. The van der Waals surface area contributed by atoms with E-state index in [1.807, 2.05) is 0 Å². The predicted octanol–water partition coefficient (Wildman–Crippen LogP) is 1.70. The van der Waals surface area contributed by atoms with Gasteiger partial charge in [-0.25, -0.2) is 0 Å². The van der Waals surface area contributed by atoms with E-state index in [9.17, 15) is 0 Å². The van der Waals surface area contributed by atoms with Gasteiger partial charge < -0.3 is 0 Å². The minimum absolute atomic E-state index is 0.735. The Hall–Kier alpha value is 0.430. The highest BCUT2D eigenvalue weighted by atomic mass is 31.1. The maximum absolute atomic E-state index is 2.34. The molecule has 1 heterocycles. The molecule has 0 aromatic heterocycles. The summed E-state index contributed by atoms with van der Waals surface area (Å²) in [5.74, 6) is 0. The second-order valence-electron chi connectivity index (χ2n) is 2.77. The second-order valence-corrected chi connectivity index (χ2v) is 3.97. The van der Waals surface area contributed by atoms with Crippen LogP contribution < -0.4 is 0 Å². The molecule has 1 aliphatic heterocycles. The van der Waals surface area contributed by atoms with Gasteiger partial charge in [0.15, 0.2) is 0 Å². The molecule has 0 N–H and O–H groups in total. The third-order valence-electron chi connectivity index (χ3n) is 1.21. The molecule has 6 heavy (non-hydrogen) atoms. The fourth-order valence-electron chi connectivity index (χ4n) is 0.625. The monoisotopic (exact) mass is 102 g/mol. The maximum atomic E-state index is 2.34. The molecule has 0 unspecified atom stereocenters. The van der Waals surface area contributed by atoms with Crippen LogP contribution in [0.5, 0.6) is 0 Å². The molecule has 0 aromatic carbocycles. The lowest BCUT2D eigenvalue weighted by molar-refractivity contribution is 0.454. The van der Waals surface area contributed by atoms with E-state index in [0.29, 0.717) is 0 Å². The van der Waals surface area contributed by atoms with Gasteiger partial charge >= 0.3 is 0 Å². The molecule has 1 saturated heterocycles. The Morgan fingerprint density at radius 1 is 1.33 bits per heavy atom. The van der Waals surface area contributed by atoms with Crippen LogP contribution in [0.4, 0.5) is 0 Å². The Balaban J connectivity index is 2.31. The minimum atomic E-state index is 0.735. The Morgan fingerprint density at radius 2 is 1.67 bits per heavy atom. The summed E-state index contributed by atoms with van der Waals surface area (Å²) in [6, 6.07) is 0. The molecule has 1 heteroatoms. The van der Waals surface area contributed by atoms with E-state index in [1.165, 1.54) is 20.9 Å². The molecule has 1 rings (SSSR count). The van der Waals surface area contributed by atoms with Crippen molar-refractivity contribution in [3.63, 3.8) is 0 Å². The molecule has 0 radical (unpaired) electrons. The van der Waals surface area contributed by atoms with Crippen LogP contribution in [-0.2, 0) is 0 Å². The summed E-state index contributed by atoms with van der Waals surface area (Å²) in [7, 11) is 1.27. The molecule has 0 spiro atoms. The van der Waals surface area contributed by atoms with Crippen molar-refractivity contribution >= 4 is 8.58 Å². The van der Waals surface area contributed by atoms with Crippen molar-refractivity contribution in [2.24, 2.45) is 5.41 Å². The lowest BCUT2D eigenvalue weighted by Gasteiger charge is -2.33. The van der Waals surface area contributed by atoms with Gasteiger partial charge in [-0.2, -0.15) is 0 Å². The van der Waals surface area contributed by atoms with Crippen molar-refractivity contribution in [2.75, 3.05) is 12.3 Å². The molecule has 1 fully saturated rings. The van der Waals surface area contributed by atoms with Gasteiger partial charge in [0.05, 0.1) is 0 Å². The zero-order valence-electron chi connectivity index (χ0n) is 4.41. The minimum Gasteiger partial charge on any atom is -0.121 e. The van der Waals surface area contributed by atoms with E-state index in [0.717, 1.165) is 5.41 Å². The van der Waals surface area contributed by atoms with Gasteiger partial charge in [0.25, 0.3) is 0 Å². The average Bonchev–Trinajstić information content (AvgIpc) is 1.32. The first-order valence-electron chi connectivity index (χ1n) is 2.41. The van der Waals surface area contributed by atoms with Gasteiger partial charge in [-0.1, -0.05) is 13.8 Å². The highest BCUT2D eigenvalue weighted by Gasteiger charge is 2.24. The third kappa shape index (κ3) is 0.733. The van der Waals surface area contributed by atoms with Crippen molar-refractivity contribution in [3.05, 3.63) is 0 Å². The lowest BCUT2D eigenvalue weighted by Crippen LogP contribution is -2.25. The van der Waals surface area contributed by atoms with Crippen LogP contribution in [0.1, 0.15) is 13.8 Å². The van der Waals surface area contributed by atoms with Gasteiger partial charge in [-0.15, -0.1) is 8.58 Å². The highest BCUT2D eigenvalue weighted by Crippen LogP contribution is 2.41. The van der Waals surface area contributed by atoms with Crippen LogP contribution in [0.25, 0.3) is 0 Å². The Morgan fingerprint density at radius 3 is 1.67 bits per heavy atom. The number of hydrogen-bond donors (Lipinski definition) is 0. The summed E-state index contributed by atoms with van der Waals surface area (Å²) in [5, 5.41) is 0. The van der Waals surface area contributed by atoms with Crippen molar-refractivity contribution in [3.8, 4) is 0 Å². The van der Waals surface area contributed by atoms with Crippen molar-refractivity contribution in [1.82, 2.24) is 0 Å². The standard InChI is InChI=1S/C5H11P/c1-5(2)3-6-4-5/h6H,3-4H2,1-2H3. The maximum Gasteiger partial charge on any atom is -0.0280 e. The van der Waals surface area contributed by atoms with Crippen molar-refractivity contribution in [2.45, 2.75) is 13.8 Å². The van der Waals surface area contributed by atoms with Crippen LogP contribution in [0, 0.1) is 5.41 Å². The van der Waals surface area contributed by atoms with E-state index in [1.54, 1.807) is 0 Å². The molecule has 0 nitrogen and oxygen atoms in total. The number of rotatable bonds is 0. The van der Waals surface area contributed by atoms with Gasteiger partial charge in [0.2, 0.25) is 0 Å². The van der Waals surface area contributed by atoms with Crippen LogP contribution >= 0.6 is 8.58 Å². The summed E-state index contributed by atoms with van der Waals surface area (Å²) in [6.07, 6.45) is 2.96. The van der Waals surface area contributed by atoms with E-state index in [2.05, 4.69) is 13.8 Å². The molecule has 0 atom stereocenters. The Kier molecular flexibility index (Phi) is 0.916. The molecular formula is C5H11P. The normalized spacial score (nSPS) is 29.0. The van der Waals surface area contributed by atoms with Crippen molar-refractivity contribution < 1.29 is 0 Å². The van der Waals surface area contributed by atoms with E-state index >= 15 is 0 Å². The fraction of sp³-hybridized carbons (Fsp3) is 1.00. The number of hydrogen-bond acceptors (Lipinski definition) is 0. The van der Waals surface area contributed by atoms with E-state index in [-0.39, 0.29) is 0 Å². The van der Waals surface area contributed by atoms with Gasteiger partial charge in [-0.05, 0) is 17.7 Å². The van der Waals surface area contributed by atoms with Crippen molar-refractivity contribution in [1.29, 1.82) is 0 Å². The van der Waals surface area contributed by atoms with Gasteiger partial charge in [0.1, 0.15) is 0 Å². The van der Waals surface area contributed by atoms with Crippen LogP contribution in [0.3, 0.4) is 0 Å². The van der Waals surface area contributed by atoms with Crippen LogP contribution in [0.2, 0.25) is 0 Å². The highest BCUT2D eigenvalue weighted by molar-refractivity contribution is 7.40. The topological polar surface area (TPSA) is 0 Å². The molecule has 36 valence electrons. The van der Waals surface area contributed by atoms with E-state index in [4.69, 9.17) is 0 Å². The zero-order valence-corrected chi connectivity index (χ0v) is 5.41. The predicted molar refractivity (Wildman–Crippen MR) is 31.8 cm³/mol. The molecule has 0 bridgehead atoms. The second kappa shape index (κ2) is 1.20. The summed E-state index contributed by atoms with van der Waals surface area (Å²) in [4.78, 5) is 0. The lowest BCUT2D eigenvalue weighted by atomic mass is 9.99. The molecule has 0 aromatic rings. The first kappa shape index (κ1) is 4.59. The Bertz CT molecular complexity index is 51.0. The first-order valence-corrected chi connectivity index (χ1v) is 3.83. The average molecular weight is 102 g/mol. The smallest absolute Gasteiger partial charge is 0.0280 e. The van der Waals surface area contributed by atoms with Gasteiger partial charge in [0, 0.05) is 0 Å². The molecule has 0 aliphatic carbocycles. The summed E-state index contributed by atoms with van der Waals surface area (Å²) in [6.45, 7) is 4.67. The molecule has 0 saturated carbocycles. The molecule has 0 amide bonds. The molecule has 1 aliphatic rings. The van der Waals surface area contributed by atoms with E-state index < -0.39 is 0 Å². The summed E-state index contributed by atoms with van der Waals surface area (Å²) >= 11 is 0. The summed E-state index contributed by atoms with van der Waals surface area (Å²) < 4.78 is 0.